The summed E-state index contributed by atoms with van der Waals surface area (Å²) in [4.78, 5) is 15.7. The SMILES string of the molecule is CC1(Cc2noc([C@@H]3CCC(=O)NC3)n2)CCCC1. The average Bonchev–Trinajstić information content (AvgIpc) is 3.00. The van der Waals surface area contributed by atoms with Gasteiger partial charge in [-0.05, 0) is 24.7 Å². The van der Waals surface area contributed by atoms with Gasteiger partial charge in [0.1, 0.15) is 0 Å². The number of amides is 1. The quantitative estimate of drug-likeness (QED) is 0.907. The second kappa shape index (κ2) is 4.94. The first-order valence-corrected chi connectivity index (χ1v) is 7.24. The van der Waals surface area contributed by atoms with Gasteiger partial charge in [-0.3, -0.25) is 4.79 Å². The molecule has 1 amide bonds. The minimum Gasteiger partial charge on any atom is -0.355 e. The lowest BCUT2D eigenvalue weighted by molar-refractivity contribution is -0.122. The monoisotopic (exact) mass is 263 g/mol. The minimum absolute atomic E-state index is 0.120. The van der Waals surface area contributed by atoms with E-state index in [9.17, 15) is 4.79 Å². The first kappa shape index (κ1) is 12.6. The molecule has 5 heteroatoms. The number of nitrogens with zero attached hydrogens (tertiary/aromatic N) is 2. The van der Waals surface area contributed by atoms with E-state index >= 15 is 0 Å². The number of hydrogen-bond acceptors (Lipinski definition) is 4. The fraction of sp³-hybridized carbons (Fsp3) is 0.786. The summed E-state index contributed by atoms with van der Waals surface area (Å²) in [5, 5.41) is 6.97. The summed E-state index contributed by atoms with van der Waals surface area (Å²) in [6.07, 6.45) is 7.43. The Balaban J connectivity index is 1.64. The summed E-state index contributed by atoms with van der Waals surface area (Å²) in [5.74, 6) is 1.83. The molecule has 2 heterocycles. The first-order valence-electron chi connectivity index (χ1n) is 7.24. The van der Waals surface area contributed by atoms with Crippen molar-refractivity contribution in [2.45, 2.75) is 57.8 Å². The molecule has 0 spiro atoms. The van der Waals surface area contributed by atoms with E-state index in [4.69, 9.17) is 4.52 Å². The van der Waals surface area contributed by atoms with E-state index in [0.29, 0.717) is 24.3 Å². The van der Waals surface area contributed by atoms with Crippen molar-refractivity contribution in [1.29, 1.82) is 0 Å². The normalized spacial score (nSPS) is 26.4. The van der Waals surface area contributed by atoms with E-state index in [2.05, 4.69) is 22.4 Å². The van der Waals surface area contributed by atoms with Crippen LogP contribution in [0.4, 0.5) is 0 Å². The Kier molecular flexibility index (Phi) is 3.29. The van der Waals surface area contributed by atoms with Gasteiger partial charge in [0.15, 0.2) is 5.82 Å². The number of carbonyl (C=O) groups excluding carboxylic acids is 1. The maximum absolute atomic E-state index is 11.1. The van der Waals surface area contributed by atoms with Crippen LogP contribution >= 0.6 is 0 Å². The van der Waals surface area contributed by atoms with Crippen molar-refractivity contribution >= 4 is 5.91 Å². The summed E-state index contributed by atoms with van der Waals surface area (Å²) in [6, 6.07) is 0. The van der Waals surface area contributed by atoms with Crippen LogP contribution in [0, 0.1) is 5.41 Å². The molecule has 0 bridgehead atoms. The zero-order valence-electron chi connectivity index (χ0n) is 11.4. The van der Waals surface area contributed by atoms with E-state index in [-0.39, 0.29) is 11.8 Å². The van der Waals surface area contributed by atoms with Gasteiger partial charge in [0.2, 0.25) is 11.8 Å². The van der Waals surface area contributed by atoms with E-state index in [1.807, 2.05) is 0 Å². The molecular formula is C14H21N3O2. The molecule has 2 aliphatic rings. The third-order valence-electron chi connectivity index (χ3n) is 4.49. The third-order valence-corrected chi connectivity index (χ3v) is 4.49. The standard InChI is InChI=1S/C14H21N3O2/c1-14(6-2-3-7-14)8-11-16-13(19-17-11)10-4-5-12(18)15-9-10/h10H,2-9H2,1H3,(H,15,18)/t10-/m1/s1. The predicted octanol–water partition coefficient (Wildman–Crippen LogP) is 2.19. The summed E-state index contributed by atoms with van der Waals surface area (Å²) in [5.41, 5.74) is 0.349. The van der Waals surface area contributed by atoms with Crippen LogP contribution in [-0.2, 0) is 11.2 Å². The van der Waals surface area contributed by atoms with E-state index in [0.717, 1.165) is 18.7 Å². The van der Waals surface area contributed by atoms with Gasteiger partial charge in [0.25, 0.3) is 0 Å². The summed E-state index contributed by atoms with van der Waals surface area (Å²) in [6.45, 7) is 2.94. The third kappa shape index (κ3) is 2.80. The molecule has 1 aliphatic heterocycles. The van der Waals surface area contributed by atoms with Crippen molar-refractivity contribution in [3.63, 3.8) is 0 Å². The number of hydrogen-bond donors (Lipinski definition) is 1. The van der Waals surface area contributed by atoms with E-state index in [1.54, 1.807) is 0 Å². The molecule has 1 saturated heterocycles. The zero-order chi connectivity index (χ0) is 13.3. The first-order chi connectivity index (χ1) is 9.15. The number of aromatic nitrogens is 2. The molecule has 1 N–H and O–H groups in total. The molecule has 1 aromatic heterocycles. The van der Waals surface area contributed by atoms with Crippen molar-refractivity contribution in [2.24, 2.45) is 5.41 Å². The Morgan fingerprint density at radius 3 is 2.89 bits per heavy atom. The molecule has 0 aromatic carbocycles. The van der Waals surface area contributed by atoms with Gasteiger partial charge in [-0.25, -0.2) is 0 Å². The highest BCUT2D eigenvalue weighted by molar-refractivity contribution is 5.76. The molecular weight excluding hydrogens is 242 g/mol. The second-order valence-corrected chi connectivity index (χ2v) is 6.28. The molecule has 1 saturated carbocycles. The Labute approximate surface area is 113 Å². The molecule has 19 heavy (non-hydrogen) atoms. The maximum atomic E-state index is 11.1. The molecule has 0 unspecified atom stereocenters. The number of nitrogens with one attached hydrogen (secondary N) is 1. The van der Waals surface area contributed by atoms with Gasteiger partial charge >= 0.3 is 0 Å². The summed E-state index contributed by atoms with van der Waals surface area (Å²) < 4.78 is 5.38. The van der Waals surface area contributed by atoms with Crippen molar-refractivity contribution < 1.29 is 9.32 Å². The van der Waals surface area contributed by atoms with Crippen LogP contribution < -0.4 is 5.32 Å². The fourth-order valence-corrected chi connectivity index (χ4v) is 3.24. The molecule has 5 nitrogen and oxygen atoms in total. The molecule has 3 rings (SSSR count). The summed E-state index contributed by atoms with van der Waals surface area (Å²) in [7, 11) is 0. The average molecular weight is 263 g/mol. The van der Waals surface area contributed by atoms with Crippen LogP contribution in [0.2, 0.25) is 0 Å². The predicted molar refractivity (Wildman–Crippen MR) is 69.6 cm³/mol. The Morgan fingerprint density at radius 2 is 2.21 bits per heavy atom. The van der Waals surface area contributed by atoms with Gasteiger partial charge in [-0.15, -0.1) is 0 Å². The lowest BCUT2D eigenvalue weighted by Crippen LogP contribution is -2.33. The zero-order valence-corrected chi connectivity index (χ0v) is 11.4. The maximum Gasteiger partial charge on any atom is 0.231 e. The van der Waals surface area contributed by atoms with Gasteiger partial charge in [-0.2, -0.15) is 4.98 Å². The smallest absolute Gasteiger partial charge is 0.231 e. The minimum atomic E-state index is 0.120. The van der Waals surface area contributed by atoms with E-state index in [1.165, 1.54) is 25.7 Å². The number of rotatable bonds is 3. The van der Waals surface area contributed by atoms with Crippen molar-refractivity contribution in [3.8, 4) is 0 Å². The van der Waals surface area contributed by atoms with Crippen LogP contribution in [0.1, 0.15) is 63.1 Å². The van der Waals surface area contributed by atoms with Crippen LogP contribution in [-0.4, -0.2) is 22.6 Å². The lowest BCUT2D eigenvalue weighted by Gasteiger charge is -2.21. The Bertz CT molecular complexity index is 453. The molecule has 1 aliphatic carbocycles. The highest BCUT2D eigenvalue weighted by atomic mass is 16.5. The van der Waals surface area contributed by atoms with Crippen molar-refractivity contribution in [2.75, 3.05) is 6.54 Å². The van der Waals surface area contributed by atoms with Gasteiger partial charge in [0.05, 0.1) is 5.92 Å². The number of carbonyl (C=O) groups is 1. The summed E-state index contributed by atoms with van der Waals surface area (Å²) >= 11 is 0. The van der Waals surface area contributed by atoms with Crippen LogP contribution in [0.15, 0.2) is 4.52 Å². The molecule has 1 atom stereocenters. The highest BCUT2D eigenvalue weighted by Crippen LogP contribution is 2.39. The number of piperidine rings is 1. The lowest BCUT2D eigenvalue weighted by atomic mass is 9.85. The largest absolute Gasteiger partial charge is 0.355 e. The van der Waals surface area contributed by atoms with Crippen LogP contribution in [0.5, 0.6) is 0 Å². The van der Waals surface area contributed by atoms with Gasteiger partial charge in [0, 0.05) is 19.4 Å². The van der Waals surface area contributed by atoms with E-state index < -0.39 is 0 Å². The Morgan fingerprint density at radius 1 is 1.42 bits per heavy atom. The van der Waals surface area contributed by atoms with Crippen LogP contribution in [0.3, 0.4) is 0 Å². The van der Waals surface area contributed by atoms with Gasteiger partial charge in [-0.1, -0.05) is 24.9 Å². The molecule has 0 radical (unpaired) electrons. The topological polar surface area (TPSA) is 68.0 Å². The molecule has 2 fully saturated rings. The second-order valence-electron chi connectivity index (χ2n) is 6.28. The van der Waals surface area contributed by atoms with Crippen molar-refractivity contribution in [1.82, 2.24) is 15.5 Å². The fourth-order valence-electron chi connectivity index (χ4n) is 3.24. The Hall–Kier alpha value is -1.39. The van der Waals surface area contributed by atoms with Gasteiger partial charge < -0.3 is 9.84 Å². The van der Waals surface area contributed by atoms with Crippen molar-refractivity contribution in [3.05, 3.63) is 11.7 Å². The highest BCUT2D eigenvalue weighted by Gasteiger charge is 2.31. The molecule has 104 valence electrons. The molecule has 1 aromatic rings. The van der Waals surface area contributed by atoms with Crippen LogP contribution in [0.25, 0.3) is 0 Å².